The fourth-order valence-electron chi connectivity index (χ4n) is 2.37. The van der Waals surface area contributed by atoms with Gasteiger partial charge < -0.3 is 16.0 Å². The Kier molecular flexibility index (Phi) is 14.5. The summed E-state index contributed by atoms with van der Waals surface area (Å²) >= 11 is 0. The van der Waals surface area contributed by atoms with Crippen molar-refractivity contribution in [3.63, 3.8) is 0 Å². The number of likely N-dealkylation sites (N-methyl/N-ethyl adjacent to an activating group) is 1. The second kappa shape index (κ2) is 13.6. The first-order chi connectivity index (χ1) is 10.1. The first-order valence-electron chi connectivity index (χ1n) is 7.90. The van der Waals surface area contributed by atoms with E-state index in [4.69, 9.17) is 5.73 Å². The maximum Gasteiger partial charge on any atom is 0.224 e. The Labute approximate surface area is 153 Å². The van der Waals surface area contributed by atoms with Crippen molar-refractivity contribution in [3.05, 3.63) is 35.9 Å². The number of nitrogens with zero attached hydrogens (tertiary/aromatic N) is 1. The van der Waals surface area contributed by atoms with Gasteiger partial charge >= 0.3 is 0 Å². The summed E-state index contributed by atoms with van der Waals surface area (Å²) in [7, 11) is 0. The fourth-order valence-corrected chi connectivity index (χ4v) is 2.37. The zero-order valence-electron chi connectivity index (χ0n) is 14.3. The van der Waals surface area contributed by atoms with E-state index in [1.165, 1.54) is 0 Å². The van der Waals surface area contributed by atoms with E-state index in [9.17, 15) is 4.79 Å². The maximum absolute atomic E-state index is 12.2. The number of nitrogens with one attached hydrogen (secondary N) is 1. The molecule has 23 heavy (non-hydrogen) atoms. The molecule has 4 nitrogen and oxygen atoms in total. The molecule has 0 aliphatic heterocycles. The minimum Gasteiger partial charge on any atom is -0.355 e. The van der Waals surface area contributed by atoms with E-state index in [1.54, 1.807) is 0 Å². The van der Waals surface area contributed by atoms with Crippen LogP contribution in [0.15, 0.2) is 30.3 Å². The van der Waals surface area contributed by atoms with Gasteiger partial charge in [-0.15, -0.1) is 24.8 Å². The number of benzene rings is 1. The van der Waals surface area contributed by atoms with Crippen molar-refractivity contribution in [2.75, 3.05) is 26.2 Å². The zero-order valence-corrected chi connectivity index (χ0v) is 16.0. The topological polar surface area (TPSA) is 58.4 Å². The third kappa shape index (κ3) is 8.56. The van der Waals surface area contributed by atoms with Crippen LogP contribution in [0.4, 0.5) is 0 Å². The second-order valence-corrected chi connectivity index (χ2v) is 5.45. The number of carbonyl (C=O) groups excluding carboxylic acids is 1. The quantitative estimate of drug-likeness (QED) is 0.708. The molecule has 1 aromatic carbocycles. The Balaban J connectivity index is 0. The van der Waals surface area contributed by atoms with Gasteiger partial charge in [0, 0.05) is 19.1 Å². The molecule has 1 amide bonds. The lowest BCUT2D eigenvalue weighted by atomic mass is 9.95. The van der Waals surface area contributed by atoms with Gasteiger partial charge in [-0.25, -0.2) is 0 Å². The molecule has 0 spiro atoms. The van der Waals surface area contributed by atoms with Gasteiger partial charge in [0.2, 0.25) is 5.91 Å². The van der Waals surface area contributed by atoms with Gasteiger partial charge in [0.1, 0.15) is 0 Å². The lowest BCUT2D eigenvalue weighted by Gasteiger charge is -2.22. The minimum atomic E-state index is -0.260. The molecular formula is C17H31Cl2N3O. The molecule has 1 rings (SSSR count). The predicted octanol–water partition coefficient (Wildman–Crippen LogP) is 3.01. The summed E-state index contributed by atoms with van der Waals surface area (Å²) in [5, 5.41) is 3.00. The third-order valence-corrected chi connectivity index (χ3v) is 3.85. The van der Waals surface area contributed by atoms with E-state index in [0.717, 1.165) is 31.6 Å². The molecular weight excluding hydrogens is 333 g/mol. The van der Waals surface area contributed by atoms with E-state index >= 15 is 0 Å². The van der Waals surface area contributed by atoms with Crippen LogP contribution in [0, 0.1) is 5.92 Å². The minimum absolute atomic E-state index is 0. The van der Waals surface area contributed by atoms with Gasteiger partial charge in [-0.2, -0.15) is 0 Å². The average molecular weight is 364 g/mol. The van der Waals surface area contributed by atoms with Crippen molar-refractivity contribution in [1.82, 2.24) is 10.2 Å². The normalized spacial score (nSPS) is 12.7. The van der Waals surface area contributed by atoms with Gasteiger partial charge in [0.05, 0.1) is 5.92 Å². The van der Waals surface area contributed by atoms with Crippen molar-refractivity contribution >= 4 is 30.7 Å². The Morgan fingerprint density at radius 1 is 1.17 bits per heavy atom. The molecule has 0 aliphatic rings. The Hall–Kier alpha value is -0.810. The third-order valence-electron chi connectivity index (χ3n) is 3.85. The Morgan fingerprint density at radius 3 is 2.30 bits per heavy atom. The van der Waals surface area contributed by atoms with E-state index in [-0.39, 0.29) is 42.7 Å². The highest BCUT2D eigenvalue weighted by Gasteiger charge is 2.21. The summed E-state index contributed by atoms with van der Waals surface area (Å²) in [5.74, 6) is -0.201. The number of halogens is 2. The number of nitrogens with two attached hydrogens (primary N) is 1. The summed E-state index contributed by atoms with van der Waals surface area (Å²) in [4.78, 5) is 14.5. The molecule has 0 aromatic heterocycles. The Bertz CT molecular complexity index is 418. The molecule has 2 atom stereocenters. The summed E-state index contributed by atoms with van der Waals surface area (Å²) in [6, 6.07) is 9.52. The summed E-state index contributed by atoms with van der Waals surface area (Å²) in [5.41, 5.74) is 7.17. The molecule has 134 valence electrons. The first-order valence-corrected chi connectivity index (χ1v) is 7.90. The van der Waals surface area contributed by atoms with Gasteiger partial charge in [-0.1, -0.05) is 51.1 Å². The fraction of sp³-hybridized carbons (Fsp3) is 0.588. The van der Waals surface area contributed by atoms with Crippen LogP contribution in [-0.2, 0) is 4.79 Å². The maximum atomic E-state index is 12.2. The largest absolute Gasteiger partial charge is 0.355 e. The molecule has 0 saturated carbocycles. The van der Waals surface area contributed by atoms with Crippen molar-refractivity contribution in [3.8, 4) is 0 Å². The van der Waals surface area contributed by atoms with Crippen LogP contribution in [0.5, 0.6) is 0 Å². The number of hydrogen-bond acceptors (Lipinski definition) is 3. The van der Waals surface area contributed by atoms with Crippen LogP contribution in [0.1, 0.15) is 38.8 Å². The SMILES string of the molecule is CCCN(CC)CCNC(=O)C(C)C(N)c1ccccc1.Cl.Cl. The van der Waals surface area contributed by atoms with Gasteiger partial charge in [-0.3, -0.25) is 4.79 Å². The number of rotatable bonds is 9. The Morgan fingerprint density at radius 2 is 1.78 bits per heavy atom. The van der Waals surface area contributed by atoms with Crippen molar-refractivity contribution < 1.29 is 4.79 Å². The van der Waals surface area contributed by atoms with Gasteiger partial charge in [0.15, 0.2) is 0 Å². The second-order valence-electron chi connectivity index (χ2n) is 5.45. The van der Waals surface area contributed by atoms with E-state index in [0.29, 0.717) is 6.54 Å². The molecule has 0 radical (unpaired) electrons. The summed E-state index contributed by atoms with van der Waals surface area (Å²) in [6.45, 7) is 9.86. The lowest BCUT2D eigenvalue weighted by Crippen LogP contribution is -2.40. The van der Waals surface area contributed by atoms with Crippen LogP contribution < -0.4 is 11.1 Å². The molecule has 0 saturated heterocycles. The van der Waals surface area contributed by atoms with Crippen LogP contribution in [-0.4, -0.2) is 37.0 Å². The highest BCUT2D eigenvalue weighted by Crippen LogP contribution is 2.18. The lowest BCUT2D eigenvalue weighted by molar-refractivity contribution is -0.125. The van der Waals surface area contributed by atoms with Gasteiger partial charge in [-0.05, 0) is 25.1 Å². The number of carbonyl (C=O) groups is 1. The van der Waals surface area contributed by atoms with Crippen LogP contribution >= 0.6 is 24.8 Å². The molecule has 0 bridgehead atoms. The molecule has 3 N–H and O–H groups in total. The van der Waals surface area contributed by atoms with Crippen LogP contribution in [0.25, 0.3) is 0 Å². The van der Waals surface area contributed by atoms with E-state index < -0.39 is 0 Å². The molecule has 0 heterocycles. The predicted molar refractivity (Wildman–Crippen MR) is 102 cm³/mol. The van der Waals surface area contributed by atoms with E-state index in [1.807, 2.05) is 37.3 Å². The smallest absolute Gasteiger partial charge is 0.224 e. The highest BCUT2D eigenvalue weighted by molar-refractivity contribution is 5.85. The van der Waals surface area contributed by atoms with Gasteiger partial charge in [0.25, 0.3) is 0 Å². The molecule has 2 unspecified atom stereocenters. The number of amides is 1. The van der Waals surface area contributed by atoms with Crippen molar-refractivity contribution in [2.24, 2.45) is 11.7 Å². The molecule has 1 aromatic rings. The van der Waals surface area contributed by atoms with Crippen LogP contribution in [0.3, 0.4) is 0 Å². The summed E-state index contributed by atoms with van der Waals surface area (Å²) < 4.78 is 0. The number of hydrogen-bond donors (Lipinski definition) is 2. The molecule has 0 aliphatic carbocycles. The van der Waals surface area contributed by atoms with E-state index in [2.05, 4.69) is 24.1 Å². The molecule has 6 heteroatoms. The summed E-state index contributed by atoms with van der Waals surface area (Å²) in [6.07, 6.45) is 1.14. The monoisotopic (exact) mass is 363 g/mol. The first kappa shape index (κ1) is 24.4. The molecule has 0 fully saturated rings. The van der Waals surface area contributed by atoms with Crippen molar-refractivity contribution in [2.45, 2.75) is 33.2 Å². The van der Waals surface area contributed by atoms with Crippen molar-refractivity contribution in [1.29, 1.82) is 0 Å². The standard InChI is InChI=1S/C17H29N3O.2ClH/c1-4-12-20(5-2)13-11-19-17(21)14(3)16(18)15-9-7-6-8-10-15;;/h6-10,14,16H,4-5,11-13,18H2,1-3H3,(H,19,21);2*1H. The van der Waals surface area contributed by atoms with Crippen LogP contribution in [0.2, 0.25) is 0 Å². The zero-order chi connectivity index (χ0) is 15.7. The average Bonchev–Trinajstić information content (AvgIpc) is 2.53. The highest BCUT2D eigenvalue weighted by atomic mass is 35.5.